The summed E-state index contributed by atoms with van der Waals surface area (Å²) in [4.78, 5) is 29.6. The van der Waals surface area contributed by atoms with Crippen LogP contribution in [0.1, 0.15) is 40.7 Å². The van der Waals surface area contributed by atoms with E-state index < -0.39 is 35.3 Å². The molecule has 3 aromatic rings. The number of amides is 2. The quantitative estimate of drug-likeness (QED) is 0.492. The summed E-state index contributed by atoms with van der Waals surface area (Å²) < 4.78 is 39.5. The first-order valence-electron chi connectivity index (χ1n) is 10.7. The van der Waals surface area contributed by atoms with Crippen LogP contribution in [0.5, 0.6) is 5.75 Å². The first-order chi connectivity index (χ1) is 15.9. The Balaban J connectivity index is 1.88. The average Bonchev–Trinajstić information content (AvgIpc) is 3.09. The highest BCUT2D eigenvalue weighted by Gasteiger charge is 2.27. The van der Waals surface area contributed by atoms with E-state index in [1.165, 1.54) is 18.0 Å². The Labute approximate surface area is 196 Å². The van der Waals surface area contributed by atoms with Crippen LogP contribution in [0.2, 0.25) is 0 Å². The molecule has 0 saturated carbocycles. The average molecular weight is 475 g/mol. The van der Waals surface area contributed by atoms with Gasteiger partial charge in [-0.2, -0.15) is 0 Å². The fourth-order valence-corrected chi connectivity index (χ4v) is 3.51. The van der Waals surface area contributed by atoms with Crippen LogP contribution in [0, 0.1) is 17.6 Å². The van der Waals surface area contributed by atoms with E-state index in [1.807, 2.05) is 13.8 Å². The third kappa shape index (κ3) is 5.62. The minimum atomic E-state index is -1.02. The molecule has 8 nitrogen and oxygen atoms in total. The summed E-state index contributed by atoms with van der Waals surface area (Å²) in [5.74, 6) is -2.25. The third-order valence-corrected chi connectivity index (χ3v) is 4.92. The molecule has 0 bridgehead atoms. The number of rotatable bonds is 6. The Hall–Kier alpha value is -3.69. The molecule has 0 radical (unpaired) electrons. The molecule has 34 heavy (non-hydrogen) atoms. The van der Waals surface area contributed by atoms with E-state index in [-0.39, 0.29) is 11.4 Å². The van der Waals surface area contributed by atoms with E-state index in [1.54, 1.807) is 39.0 Å². The molecule has 0 spiro atoms. The van der Waals surface area contributed by atoms with Gasteiger partial charge < -0.3 is 19.4 Å². The lowest BCUT2D eigenvalue weighted by molar-refractivity contribution is -0.120. The maximum Gasteiger partial charge on any atom is 0.412 e. The largest absolute Gasteiger partial charge is 0.495 e. The highest BCUT2D eigenvalue weighted by Crippen LogP contribution is 2.31. The van der Waals surface area contributed by atoms with Gasteiger partial charge in [0.1, 0.15) is 17.4 Å². The highest BCUT2D eigenvalue weighted by atomic mass is 19.2. The number of carbonyl (C=O) groups excluding carboxylic acids is 2. The second-order valence-corrected chi connectivity index (χ2v) is 9.13. The molecule has 2 N–H and O–H groups in total. The van der Waals surface area contributed by atoms with Crippen LogP contribution in [-0.4, -0.2) is 34.3 Å². The SMILES string of the molecule is COc1ccc(NC(=O)C(C(C)C)n2cnc3cc(F)c(F)cc32)cc1NC(=O)OC(C)(C)C. The molecule has 3 rings (SSSR count). The highest BCUT2D eigenvalue weighted by molar-refractivity contribution is 5.96. The van der Waals surface area contributed by atoms with E-state index in [2.05, 4.69) is 15.6 Å². The molecular formula is C24H28F2N4O4. The second-order valence-electron chi connectivity index (χ2n) is 9.13. The van der Waals surface area contributed by atoms with Gasteiger partial charge in [0.25, 0.3) is 0 Å². The van der Waals surface area contributed by atoms with Crippen LogP contribution < -0.4 is 15.4 Å². The molecule has 182 valence electrons. The van der Waals surface area contributed by atoms with Gasteiger partial charge in [0.15, 0.2) is 11.6 Å². The molecule has 1 atom stereocenters. The zero-order valence-corrected chi connectivity index (χ0v) is 19.9. The number of anilines is 2. The number of methoxy groups -OCH3 is 1. The third-order valence-electron chi connectivity index (χ3n) is 4.92. The molecule has 0 aliphatic rings. The molecule has 0 aliphatic heterocycles. The summed E-state index contributed by atoms with van der Waals surface area (Å²) in [6.07, 6.45) is 0.714. The topological polar surface area (TPSA) is 94.5 Å². The fourth-order valence-electron chi connectivity index (χ4n) is 3.51. The van der Waals surface area contributed by atoms with E-state index in [0.717, 1.165) is 12.1 Å². The van der Waals surface area contributed by atoms with E-state index >= 15 is 0 Å². The van der Waals surface area contributed by atoms with Crippen molar-refractivity contribution in [1.82, 2.24) is 9.55 Å². The van der Waals surface area contributed by atoms with Crippen molar-refractivity contribution in [3.05, 3.63) is 48.3 Å². The maximum absolute atomic E-state index is 13.9. The molecule has 2 amide bonds. The number of halogens is 2. The van der Waals surface area contributed by atoms with Gasteiger partial charge in [-0.25, -0.2) is 18.6 Å². The summed E-state index contributed by atoms with van der Waals surface area (Å²) in [6.45, 7) is 8.89. The number of nitrogens with one attached hydrogen (secondary N) is 2. The molecule has 0 fully saturated rings. The van der Waals surface area contributed by atoms with Crippen molar-refractivity contribution in [2.75, 3.05) is 17.7 Å². The lowest BCUT2D eigenvalue weighted by atomic mass is 10.0. The number of imidazole rings is 1. The smallest absolute Gasteiger partial charge is 0.412 e. The van der Waals surface area contributed by atoms with Gasteiger partial charge in [-0.1, -0.05) is 13.8 Å². The van der Waals surface area contributed by atoms with Crippen molar-refractivity contribution in [3.63, 3.8) is 0 Å². The van der Waals surface area contributed by atoms with Gasteiger partial charge in [0, 0.05) is 17.8 Å². The number of nitrogens with zero attached hydrogens (tertiary/aromatic N) is 2. The fraction of sp³-hybridized carbons (Fsp3) is 0.375. The minimum Gasteiger partial charge on any atom is -0.495 e. The molecule has 10 heteroatoms. The van der Waals surface area contributed by atoms with Gasteiger partial charge in [-0.05, 0) is 44.9 Å². The zero-order chi connectivity index (χ0) is 25.2. The lowest BCUT2D eigenvalue weighted by Crippen LogP contribution is -2.30. The van der Waals surface area contributed by atoms with Crippen LogP contribution in [0.15, 0.2) is 36.7 Å². The monoisotopic (exact) mass is 474 g/mol. The predicted molar refractivity (Wildman–Crippen MR) is 125 cm³/mol. The Morgan fingerprint density at radius 2 is 1.74 bits per heavy atom. The lowest BCUT2D eigenvalue weighted by Gasteiger charge is -2.23. The summed E-state index contributed by atoms with van der Waals surface area (Å²) in [5.41, 5.74) is 0.551. The Bertz CT molecular complexity index is 1220. The first kappa shape index (κ1) is 24.9. The first-order valence-corrected chi connectivity index (χ1v) is 10.7. The number of benzene rings is 2. The number of ether oxygens (including phenoxy) is 2. The van der Waals surface area contributed by atoms with Crippen molar-refractivity contribution in [3.8, 4) is 5.75 Å². The van der Waals surface area contributed by atoms with Crippen molar-refractivity contribution >= 4 is 34.4 Å². The van der Waals surface area contributed by atoms with Crippen LogP contribution in [0.25, 0.3) is 11.0 Å². The molecule has 0 aliphatic carbocycles. The van der Waals surface area contributed by atoms with Gasteiger partial charge in [-0.15, -0.1) is 0 Å². The predicted octanol–water partition coefficient (Wildman–Crippen LogP) is 5.51. The van der Waals surface area contributed by atoms with Gasteiger partial charge in [0.05, 0.1) is 30.2 Å². The van der Waals surface area contributed by atoms with Crippen molar-refractivity contribution < 1.29 is 27.8 Å². The summed E-state index contributed by atoms with van der Waals surface area (Å²) in [6, 6.07) is 6.01. The van der Waals surface area contributed by atoms with Crippen LogP contribution in [0.3, 0.4) is 0 Å². The Morgan fingerprint density at radius 3 is 2.35 bits per heavy atom. The molecule has 0 saturated heterocycles. The molecular weight excluding hydrogens is 446 g/mol. The van der Waals surface area contributed by atoms with Crippen LogP contribution in [0.4, 0.5) is 25.0 Å². The summed E-state index contributed by atoms with van der Waals surface area (Å²) in [5, 5.41) is 5.43. The Morgan fingerprint density at radius 1 is 1.06 bits per heavy atom. The summed E-state index contributed by atoms with van der Waals surface area (Å²) in [7, 11) is 1.45. The number of aromatic nitrogens is 2. The van der Waals surface area contributed by atoms with Gasteiger partial charge in [-0.3, -0.25) is 10.1 Å². The molecule has 1 aromatic heterocycles. The molecule has 1 unspecified atom stereocenters. The van der Waals surface area contributed by atoms with Gasteiger partial charge in [0.2, 0.25) is 5.91 Å². The van der Waals surface area contributed by atoms with Crippen LogP contribution >= 0.6 is 0 Å². The number of carbonyl (C=O) groups is 2. The Kier molecular flexibility index (Phi) is 7.09. The molecule has 1 heterocycles. The van der Waals surface area contributed by atoms with E-state index in [9.17, 15) is 18.4 Å². The normalized spacial score (nSPS) is 12.5. The number of hydrogen-bond donors (Lipinski definition) is 2. The minimum absolute atomic E-state index is 0.205. The van der Waals surface area contributed by atoms with E-state index in [4.69, 9.17) is 9.47 Å². The van der Waals surface area contributed by atoms with E-state index in [0.29, 0.717) is 22.6 Å². The second kappa shape index (κ2) is 9.66. The number of hydrogen-bond acceptors (Lipinski definition) is 5. The van der Waals surface area contributed by atoms with Gasteiger partial charge >= 0.3 is 6.09 Å². The molecule has 2 aromatic carbocycles. The maximum atomic E-state index is 13.9. The number of fused-ring (bicyclic) bond motifs is 1. The standard InChI is InChI=1S/C24H28F2N4O4/c1-13(2)21(30-12-27-17-10-15(25)16(26)11-19(17)30)22(31)28-14-7-8-20(33-6)18(9-14)29-23(32)34-24(3,4)5/h7-13,21H,1-6H3,(H,28,31)(H,29,32). The van der Waals surface area contributed by atoms with Crippen molar-refractivity contribution in [2.45, 2.75) is 46.3 Å². The van der Waals surface area contributed by atoms with Crippen molar-refractivity contribution in [2.24, 2.45) is 5.92 Å². The van der Waals surface area contributed by atoms with Crippen LogP contribution in [-0.2, 0) is 9.53 Å². The zero-order valence-electron chi connectivity index (χ0n) is 19.9. The summed E-state index contributed by atoms with van der Waals surface area (Å²) >= 11 is 0. The van der Waals surface area contributed by atoms with Crippen molar-refractivity contribution in [1.29, 1.82) is 0 Å².